The van der Waals surface area contributed by atoms with Crippen molar-refractivity contribution in [2.24, 2.45) is 5.92 Å². The van der Waals surface area contributed by atoms with E-state index in [0.717, 1.165) is 49.2 Å². The number of nitrogens with zero attached hydrogens (tertiary/aromatic N) is 5. The van der Waals surface area contributed by atoms with Crippen LogP contribution in [0.15, 0.2) is 24.5 Å². The van der Waals surface area contributed by atoms with Crippen molar-refractivity contribution in [3.05, 3.63) is 35.8 Å². The molecule has 7 heteroatoms. The highest BCUT2D eigenvalue weighted by Crippen LogP contribution is 2.31. The molecule has 2 fully saturated rings. The fraction of sp³-hybridized carbons (Fsp3) is 0.600. The lowest BCUT2D eigenvalue weighted by molar-refractivity contribution is 0.00719. The average molecular weight is 436 g/mol. The van der Waals surface area contributed by atoms with E-state index < -0.39 is 5.60 Å². The first-order valence-electron chi connectivity index (χ1n) is 11.7. The van der Waals surface area contributed by atoms with E-state index in [0.29, 0.717) is 17.5 Å². The summed E-state index contributed by atoms with van der Waals surface area (Å²) in [6, 6.07) is 8.46. The smallest absolute Gasteiger partial charge is 0.410 e. The van der Waals surface area contributed by atoms with Gasteiger partial charge in [0.25, 0.3) is 0 Å². The van der Waals surface area contributed by atoms with E-state index in [4.69, 9.17) is 4.74 Å². The maximum Gasteiger partial charge on any atom is 0.410 e. The van der Waals surface area contributed by atoms with Crippen LogP contribution in [0.5, 0.6) is 0 Å². The highest BCUT2D eigenvalue weighted by atomic mass is 16.6. The number of carbonyl (C=O) groups is 1. The number of piperazine rings is 1. The Hall–Kier alpha value is -2.72. The molecule has 32 heavy (non-hydrogen) atoms. The largest absolute Gasteiger partial charge is 0.444 e. The third-order valence-electron chi connectivity index (χ3n) is 6.63. The van der Waals surface area contributed by atoms with E-state index in [1.165, 1.54) is 25.7 Å². The van der Waals surface area contributed by atoms with Crippen LogP contribution >= 0.6 is 0 Å². The predicted molar refractivity (Wildman–Crippen MR) is 123 cm³/mol. The van der Waals surface area contributed by atoms with Gasteiger partial charge in [-0.3, -0.25) is 4.90 Å². The van der Waals surface area contributed by atoms with Crippen LogP contribution in [0.3, 0.4) is 0 Å². The minimum Gasteiger partial charge on any atom is -0.444 e. The number of rotatable bonds is 3. The molecule has 0 bridgehead atoms. The number of hydrogen-bond acceptors (Lipinski definition) is 6. The fourth-order valence-electron chi connectivity index (χ4n) is 4.93. The average Bonchev–Trinajstić information content (AvgIpc) is 2.78. The number of fused-ring (bicyclic) bond motifs is 1. The molecule has 2 aliphatic rings. The number of nitriles is 1. The maximum atomic E-state index is 12.3. The molecule has 1 aromatic heterocycles. The zero-order valence-corrected chi connectivity index (χ0v) is 19.4. The molecule has 1 saturated carbocycles. The Morgan fingerprint density at radius 1 is 1.12 bits per heavy atom. The van der Waals surface area contributed by atoms with Gasteiger partial charge in [0.15, 0.2) is 0 Å². The van der Waals surface area contributed by atoms with Crippen LogP contribution in [0.4, 0.5) is 4.79 Å². The van der Waals surface area contributed by atoms with Gasteiger partial charge in [-0.2, -0.15) is 5.26 Å². The van der Waals surface area contributed by atoms with Gasteiger partial charge in [-0.25, -0.2) is 14.8 Å². The molecule has 170 valence electrons. The molecule has 1 saturated heterocycles. The third-order valence-corrected chi connectivity index (χ3v) is 6.63. The maximum absolute atomic E-state index is 12.3. The molecule has 0 atom stereocenters. The predicted octanol–water partition coefficient (Wildman–Crippen LogP) is 4.16. The van der Waals surface area contributed by atoms with Gasteiger partial charge in [0.1, 0.15) is 11.9 Å². The van der Waals surface area contributed by atoms with Gasteiger partial charge < -0.3 is 9.64 Å². The molecular weight excluding hydrogens is 402 g/mol. The van der Waals surface area contributed by atoms with Gasteiger partial charge in [-0.1, -0.05) is 0 Å². The molecule has 7 nitrogen and oxygen atoms in total. The van der Waals surface area contributed by atoms with Crippen molar-refractivity contribution in [3.8, 4) is 6.07 Å². The van der Waals surface area contributed by atoms with Crippen molar-refractivity contribution < 1.29 is 9.53 Å². The highest BCUT2D eigenvalue weighted by Gasteiger charge is 2.31. The molecular formula is C25H33N5O2. The van der Waals surface area contributed by atoms with Crippen LogP contribution in [0.1, 0.15) is 57.7 Å². The number of amides is 1. The number of carbonyl (C=O) groups excluding carboxylic acids is 1. The second kappa shape index (κ2) is 9.41. The molecule has 0 spiro atoms. The molecule has 0 N–H and O–H groups in total. The summed E-state index contributed by atoms with van der Waals surface area (Å²) in [4.78, 5) is 25.6. The van der Waals surface area contributed by atoms with Crippen molar-refractivity contribution in [1.29, 1.82) is 5.26 Å². The van der Waals surface area contributed by atoms with Gasteiger partial charge >= 0.3 is 6.09 Å². The van der Waals surface area contributed by atoms with E-state index in [1.807, 2.05) is 43.9 Å². The van der Waals surface area contributed by atoms with Gasteiger partial charge in [0, 0.05) is 37.6 Å². The summed E-state index contributed by atoms with van der Waals surface area (Å²) in [5, 5.41) is 10.2. The van der Waals surface area contributed by atoms with Crippen LogP contribution in [0.2, 0.25) is 0 Å². The van der Waals surface area contributed by atoms with Crippen LogP contribution in [-0.2, 0) is 11.2 Å². The topological polar surface area (TPSA) is 82.3 Å². The summed E-state index contributed by atoms with van der Waals surface area (Å²) in [5.74, 6) is 0.609. The summed E-state index contributed by atoms with van der Waals surface area (Å²) in [5.41, 5.74) is 2.17. The first-order chi connectivity index (χ1) is 15.3. The molecule has 1 aliphatic heterocycles. The lowest BCUT2D eigenvalue weighted by atomic mass is 9.82. The summed E-state index contributed by atoms with van der Waals surface area (Å²) in [7, 11) is 0. The second-order valence-corrected chi connectivity index (χ2v) is 10.0. The number of aromatic nitrogens is 2. The number of benzene rings is 1. The lowest BCUT2D eigenvalue weighted by Crippen LogP contribution is -2.53. The van der Waals surface area contributed by atoms with Gasteiger partial charge in [0.05, 0.1) is 22.8 Å². The first-order valence-corrected chi connectivity index (χ1v) is 11.7. The molecule has 0 unspecified atom stereocenters. The molecule has 2 aromatic rings. The van der Waals surface area contributed by atoms with E-state index >= 15 is 0 Å². The van der Waals surface area contributed by atoms with Gasteiger partial charge in [0.2, 0.25) is 0 Å². The quantitative estimate of drug-likeness (QED) is 0.720. The zero-order valence-electron chi connectivity index (χ0n) is 19.4. The Morgan fingerprint density at radius 2 is 1.84 bits per heavy atom. The summed E-state index contributed by atoms with van der Waals surface area (Å²) in [6.07, 6.45) is 7.11. The van der Waals surface area contributed by atoms with E-state index in [1.54, 1.807) is 6.33 Å². The van der Waals surface area contributed by atoms with Gasteiger partial charge in [-0.15, -0.1) is 0 Å². The molecule has 2 heterocycles. The van der Waals surface area contributed by atoms with Crippen molar-refractivity contribution in [1.82, 2.24) is 19.8 Å². The Labute approximate surface area is 190 Å². The Morgan fingerprint density at radius 3 is 2.50 bits per heavy atom. The minimum absolute atomic E-state index is 0.197. The summed E-state index contributed by atoms with van der Waals surface area (Å²) >= 11 is 0. The lowest BCUT2D eigenvalue weighted by Gasteiger charge is -2.42. The third kappa shape index (κ3) is 5.36. The standard InChI is InChI=1S/C25H33N5O2/c1-25(2,3)32-24(31)30-12-10-29(11-13-30)20-7-4-18(5-8-20)15-23-21-14-19(16-26)6-9-22(21)27-17-28-23/h6,9,14,17-18,20H,4-5,7-8,10-13,15H2,1-3H3/t18-,20-. The van der Waals surface area contributed by atoms with Crippen molar-refractivity contribution in [2.45, 2.75) is 64.5 Å². The number of ether oxygens (including phenoxy) is 1. The molecule has 1 amide bonds. The van der Waals surface area contributed by atoms with E-state index in [2.05, 4.69) is 20.9 Å². The molecule has 1 aliphatic carbocycles. The molecule has 4 rings (SSSR count). The number of hydrogen-bond donors (Lipinski definition) is 0. The fourth-order valence-corrected chi connectivity index (χ4v) is 4.93. The van der Waals surface area contributed by atoms with Crippen molar-refractivity contribution in [3.63, 3.8) is 0 Å². The monoisotopic (exact) mass is 435 g/mol. The Bertz CT molecular complexity index is 994. The SMILES string of the molecule is CC(C)(C)OC(=O)N1CCN([C@H]2CC[C@H](Cc3ncnc4ccc(C#N)cc34)CC2)CC1. The molecule has 1 aromatic carbocycles. The molecule has 0 radical (unpaired) electrons. The Kier molecular flexibility index (Phi) is 6.61. The minimum atomic E-state index is -0.447. The van der Waals surface area contributed by atoms with E-state index in [9.17, 15) is 10.1 Å². The highest BCUT2D eigenvalue weighted by molar-refractivity contribution is 5.82. The van der Waals surface area contributed by atoms with Crippen molar-refractivity contribution in [2.75, 3.05) is 26.2 Å². The van der Waals surface area contributed by atoms with Crippen LogP contribution < -0.4 is 0 Å². The normalized spacial score (nSPS) is 22.5. The van der Waals surface area contributed by atoms with Gasteiger partial charge in [-0.05, 0) is 77.0 Å². The first kappa shape index (κ1) is 22.5. The van der Waals surface area contributed by atoms with Crippen LogP contribution in [0, 0.1) is 17.2 Å². The summed E-state index contributed by atoms with van der Waals surface area (Å²) in [6.45, 7) is 9.04. The van der Waals surface area contributed by atoms with Crippen LogP contribution in [-0.4, -0.2) is 63.7 Å². The zero-order chi connectivity index (χ0) is 22.7. The van der Waals surface area contributed by atoms with Crippen LogP contribution in [0.25, 0.3) is 10.9 Å². The Balaban J connectivity index is 1.29. The second-order valence-electron chi connectivity index (χ2n) is 10.0. The van der Waals surface area contributed by atoms with Crippen molar-refractivity contribution >= 4 is 17.0 Å². The summed E-state index contributed by atoms with van der Waals surface area (Å²) < 4.78 is 5.51. The van der Waals surface area contributed by atoms with E-state index in [-0.39, 0.29) is 6.09 Å².